The summed E-state index contributed by atoms with van der Waals surface area (Å²) >= 11 is 6.05. The van der Waals surface area contributed by atoms with E-state index in [4.69, 9.17) is 17.3 Å². The second kappa shape index (κ2) is 7.67. The highest BCUT2D eigenvalue weighted by Crippen LogP contribution is 2.25. The molecule has 2 aromatic heterocycles. The molecule has 0 spiro atoms. The number of hydrogen-bond donors (Lipinski definition) is 1. The summed E-state index contributed by atoms with van der Waals surface area (Å²) in [4.78, 5) is 30.1. The summed E-state index contributed by atoms with van der Waals surface area (Å²) in [5.41, 5.74) is 5.81. The molecule has 1 fully saturated rings. The van der Waals surface area contributed by atoms with E-state index >= 15 is 0 Å². The minimum Gasteiger partial charge on any atom is -0.365 e. The van der Waals surface area contributed by atoms with Crippen LogP contribution in [0.1, 0.15) is 20.8 Å². The summed E-state index contributed by atoms with van der Waals surface area (Å²) in [5, 5.41) is 4.20. The molecule has 12 heteroatoms. The summed E-state index contributed by atoms with van der Waals surface area (Å²) in [6.07, 6.45) is 2.66. The highest BCUT2D eigenvalue weighted by Gasteiger charge is 2.32. The van der Waals surface area contributed by atoms with E-state index in [0.717, 1.165) is 0 Å². The molecule has 2 amide bonds. The largest absolute Gasteiger partial charge is 0.365 e. The predicted octanol–water partition coefficient (Wildman–Crippen LogP) is 0.628. The molecule has 0 bridgehead atoms. The molecule has 1 aliphatic heterocycles. The Balaban J connectivity index is 1.54. The van der Waals surface area contributed by atoms with Crippen molar-refractivity contribution in [3.63, 3.8) is 0 Å². The number of nitrogens with two attached hydrogens (primary N) is 1. The molecular weight excluding hydrogens is 432 g/mol. The smallest absolute Gasteiger partial charge is 0.272 e. The normalized spacial score (nSPS) is 15.4. The molecule has 1 aromatic carbocycles. The monoisotopic (exact) mass is 448 g/mol. The zero-order chi connectivity index (χ0) is 21.5. The second-order valence-electron chi connectivity index (χ2n) is 6.61. The number of aromatic nitrogens is 3. The third-order valence-corrected chi connectivity index (χ3v) is 7.26. The molecule has 3 aromatic rings. The van der Waals surface area contributed by atoms with Crippen LogP contribution in [0.4, 0.5) is 0 Å². The molecule has 0 aliphatic carbocycles. The van der Waals surface area contributed by atoms with Crippen LogP contribution in [0.5, 0.6) is 0 Å². The second-order valence-corrected chi connectivity index (χ2v) is 8.93. The van der Waals surface area contributed by atoms with Gasteiger partial charge in [-0.3, -0.25) is 9.59 Å². The standard InChI is InChI=1S/C18H17ClN6O4S/c19-13-3-1-2-4-15(13)30(28,29)24-9-7-23(8-10-24)18(27)14-5-6-21-17-12(16(20)26)11-22-25(14)17/h1-6,11H,7-10H2,(H2,20,26). The molecular formula is C18H17ClN6O4S. The zero-order valence-corrected chi connectivity index (χ0v) is 17.2. The van der Waals surface area contributed by atoms with Gasteiger partial charge in [-0.1, -0.05) is 23.7 Å². The van der Waals surface area contributed by atoms with Crippen LogP contribution in [-0.2, 0) is 10.0 Å². The van der Waals surface area contributed by atoms with Gasteiger partial charge in [-0.15, -0.1) is 0 Å². The molecule has 0 atom stereocenters. The number of benzene rings is 1. The summed E-state index contributed by atoms with van der Waals surface area (Å²) in [6.45, 7) is 0.630. The summed E-state index contributed by atoms with van der Waals surface area (Å²) < 4.78 is 28.3. The van der Waals surface area contributed by atoms with Gasteiger partial charge >= 0.3 is 0 Å². The van der Waals surface area contributed by atoms with Crippen molar-refractivity contribution in [1.29, 1.82) is 0 Å². The molecule has 156 valence electrons. The van der Waals surface area contributed by atoms with Crippen LogP contribution < -0.4 is 5.73 Å². The minimum absolute atomic E-state index is 0.0396. The predicted molar refractivity (Wildman–Crippen MR) is 108 cm³/mol. The first-order valence-corrected chi connectivity index (χ1v) is 10.8. The molecule has 0 radical (unpaired) electrons. The van der Waals surface area contributed by atoms with Gasteiger partial charge in [0.1, 0.15) is 16.2 Å². The maximum atomic E-state index is 13.0. The third-order valence-electron chi connectivity index (χ3n) is 4.87. The molecule has 3 heterocycles. The van der Waals surface area contributed by atoms with Gasteiger partial charge < -0.3 is 10.6 Å². The Morgan fingerprint density at radius 1 is 1.07 bits per heavy atom. The van der Waals surface area contributed by atoms with Crippen molar-refractivity contribution in [3.8, 4) is 0 Å². The Morgan fingerprint density at radius 2 is 1.77 bits per heavy atom. The zero-order valence-electron chi connectivity index (χ0n) is 15.6. The van der Waals surface area contributed by atoms with Crippen LogP contribution in [-0.4, -0.2) is 70.2 Å². The van der Waals surface area contributed by atoms with E-state index in [0.29, 0.717) is 0 Å². The van der Waals surface area contributed by atoms with Crippen LogP contribution in [0.3, 0.4) is 0 Å². The topological polar surface area (TPSA) is 131 Å². The Bertz CT molecular complexity index is 1250. The number of primary amides is 1. The first-order chi connectivity index (χ1) is 14.3. The maximum absolute atomic E-state index is 13.0. The SMILES string of the molecule is NC(=O)c1cnn2c(C(=O)N3CCN(S(=O)(=O)c4ccccc4Cl)CC3)ccnc12. The number of fused-ring (bicyclic) bond motifs is 1. The fourth-order valence-electron chi connectivity index (χ4n) is 3.31. The lowest BCUT2D eigenvalue weighted by Crippen LogP contribution is -2.50. The van der Waals surface area contributed by atoms with Crippen molar-refractivity contribution < 1.29 is 18.0 Å². The van der Waals surface area contributed by atoms with Gasteiger partial charge in [0.05, 0.1) is 11.2 Å². The molecule has 0 unspecified atom stereocenters. The van der Waals surface area contributed by atoms with Crippen LogP contribution in [0, 0.1) is 0 Å². The maximum Gasteiger partial charge on any atom is 0.272 e. The van der Waals surface area contributed by atoms with Crippen molar-refractivity contribution in [3.05, 3.63) is 59.0 Å². The van der Waals surface area contributed by atoms with Crippen molar-refractivity contribution in [2.75, 3.05) is 26.2 Å². The van der Waals surface area contributed by atoms with E-state index in [1.54, 1.807) is 12.1 Å². The Kier molecular flexibility index (Phi) is 5.18. The highest BCUT2D eigenvalue weighted by atomic mass is 35.5. The molecule has 30 heavy (non-hydrogen) atoms. The van der Waals surface area contributed by atoms with Gasteiger partial charge in [0, 0.05) is 32.4 Å². The molecule has 1 aliphatic rings. The number of halogens is 1. The van der Waals surface area contributed by atoms with Gasteiger partial charge in [-0.25, -0.2) is 17.9 Å². The number of sulfonamides is 1. The van der Waals surface area contributed by atoms with Crippen molar-refractivity contribution in [2.45, 2.75) is 4.90 Å². The summed E-state index contributed by atoms with van der Waals surface area (Å²) in [7, 11) is -3.76. The number of amides is 2. The quantitative estimate of drug-likeness (QED) is 0.622. The Morgan fingerprint density at radius 3 is 2.43 bits per heavy atom. The number of carbonyl (C=O) groups excluding carboxylic acids is 2. The van der Waals surface area contributed by atoms with Gasteiger partial charge in [-0.2, -0.15) is 9.40 Å². The lowest BCUT2D eigenvalue weighted by Gasteiger charge is -2.34. The van der Waals surface area contributed by atoms with E-state index in [2.05, 4.69) is 10.1 Å². The Hall–Kier alpha value is -3.02. The molecule has 1 saturated heterocycles. The van der Waals surface area contributed by atoms with Crippen LogP contribution in [0.25, 0.3) is 5.65 Å². The summed E-state index contributed by atoms with van der Waals surface area (Å²) in [6, 6.07) is 7.73. The van der Waals surface area contributed by atoms with E-state index in [1.807, 2.05) is 0 Å². The van der Waals surface area contributed by atoms with Crippen molar-refractivity contribution >= 4 is 39.1 Å². The van der Waals surface area contributed by atoms with Gasteiger partial charge in [-0.05, 0) is 18.2 Å². The number of hydrogen-bond acceptors (Lipinski definition) is 6. The third kappa shape index (κ3) is 3.40. The molecule has 10 nitrogen and oxygen atoms in total. The number of carbonyl (C=O) groups is 2. The minimum atomic E-state index is -3.76. The van der Waals surface area contributed by atoms with Crippen molar-refractivity contribution in [2.24, 2.45) is 5.73 Å². The molecule has 2 N–H and O–H groups in total. The van der Waals surface area contributed by atoms with E-state index in [-0.39, 0.29) is 58.9 Å². The highest BCUT2D eigenvalue weighted by molar-refractivity contribution is 7.89. The van der Waals surface area contributed by atoms with Gasteiger partial charge in [0.15, 0.2) is 5.65 Å². The van der Waals surface area contributed by atoms with E-state index < -0.39 is 15.9 Å². The first-order valence-electron chi connectivity index (χ1n) is 8.97. The molecule has 0 saturated carbocycles. The number of nitrogens with zero attached hydrogens (tertiary/aromatic N) is 5. The van der Waals surface area contributed by atoms with E-state index in [9.17, 15) is 18.0 Å². The lowest BCUT2D eigenvalue weighted by molar-refractivity contribution is 0.0688. The summed E-state index contributed by atoms with van der Waals surface area (Å²) in [5.74, 6) is -1.04. The number of piperazine rings is 1. The van der Waals surface area contributed by atoms with Gasteiger partial charge in [0.2, 0.25) is 10.0 Å². The van der Waals surface area contributed by atoms with E-state index in [1.165, 1.54) is 44.3 Å². The number of rotatable bonds is 4. The first kappa shape index (κ1) is 20.3. The van der Waals surface area contributed by atoms with Crippen molar-refractivity contribution in [1.82, 2.24) is 23.8 Å². The Labute approximate surface area is 176 Å². The van der Waals surface area contributed by atoms with Crippen LogP contribution in [0.2, 0.25) is 5.02 Å². The fraction of sp³-hybridized carbons (Fsp3) is 0.222. The fourth-order valence-corrected chi connectivity index (χ4v) is 5.23. The van der Waals surface area contributed by atoms with Gasteiger partial charge in [0.25, 0.3) is 11.8 Å². The molecule has 4 rings (SSSR count). The van der Waals surface area contributed by atoms with Crippen LogP contribution in [0.15, 0.2) is 47.6 Å². The lowest BCUT2D eigenvalue weighted by atomic mass is 10.3. The van der Waals surface area contributed by atoms with Crippen LogP contribution >= 0.6 is 11.6 Å². The average molecular weight is 449 g/mol. The average Bonchev–Trinajstić information content (AvgIpc) is 3.18.